The Balaban J connectivity index is 2.14. The van der Waals surface area contributed by atoms with Crippen LogP contribution in [0.4, 0.5) is 13.2 Å². The highest BCUT2D eigenvalue weighted by molar-refractivity contribution is 5.00. The number of hydrogen-bond acceptors (Lipinski definition) is 2. The van der Waals surface area contributed by atoms with Crippen LogP contribution in [-0.4, -0.2) is 24.3 Å². The molecule has 78 valence electrons. The SMILES string of the molecule is CC(CC(F)(F)F)NCC1(N)CC1. The molecule has 13 heavy (non-hydrogen) atoms. The zero-order chi connectivity index (χ0) is 10.1. The molecule has 1 atom stereocenters. The highest BCUT2D eigenvalue weighted by Gasteiger charge is 2.38. The molecule has 0 radical (unpaired) electrons. The van der Waals surface area contributed by atoms with E-state index in [1.54, 1.807) is 0 Å². The van der Waals surface area contributed by atoms with Crippen LogP contribution in [0, 0.1) is 0 Å². The minimum Gasteiger partial charge on any atom is -0.324 e. The van der Waals surface area contributed by atoms with E-state index in [4.69, 9.17) is 5.73 Å². The second kappa shape index (κ2) is 3.46. The van der Waals surface area contributed by atoms with Crippen molar-refractivity contribution in [3.8, 4) is 0 Å². The number of alkyl halides is 3. The minimum absolute atomic E-state index is 0.222. The van der Waals surface area contributed by atoms with Crippen molar-refractivity contribution in [1.29, 1.82) is 0 Å². The Kier molecular flexibility index (Phi) is 2.87. The van der Waals surface area contributed by atoms with Crippen molar-refractivity contribution >= 4 is 0 Å². The highest BCUT2D eigenvalue weighted by Crippen LogP contribution is 2.31. The molecule has 0 aromatic rings. The van der Waals surface area contributed by atoms with Crippen molar-refractivity contribution in [3.05, 3.63) is 0 Å². The van der Waals surface area contributed by atoms with Gasteiger partial charge in [0.1, 0.15) is 0 Å². The lowest BCUT2D eigenvalue weighted by molar-refractivity contribution is -0.139. The molecule has 0 aromatic heterocycles. The Morgan fingerprint density at radius 2 is 2.00 bits per heavy atom. The Morgan fingerprint density at radius 1 is 1.46 bits per heavy atom. The van der Waals surface area contributed by atoms with E-state index in [2.05, 4.69) is 5.32 Å². The van der Waals surface area contributed by atoms with Crippen LogP contribution >= 0.6 is 0 Å². The molecule has 1 unspecified atom stereocenters. The van der Waals surface area contributed by atoms with Crippen molar-refractivity contribution in [2.45, 2.75) is 43.9 Å². The molecule has 1 aliphatic carbocycles. The molecule has 1 aliphatic rings. The number of halogens is 3. The third-order valence-electron chi connectivity index (χ3n) is 2.23. The van der Waals surface area contributed by atoms with Crippen molar-refractivity contribution in [2.75, 3.05) is 6.54 Å². The molecular formula is C8H15F3N2. The maximum atomic E-state index is 11.9. The predicted octanol–water partition coefficient (Wildman–Crippen LogP) is 1.41. The molecule has 0 saturated heterocycles. The first-order valence-corrected chi connectivity index (χ1v) is 4.40. The summed E-state index contributed by atoms with van der Waals surface area (Å²) in [5, 5.41) is 2.80. The van der Waals surface area contributed by atoms with Crippen LogP contribution in [0.25, 0.3) is 0 Å². The van der Waals surface area contributed by atoms with Gasteiger partial charge in [0.05, 0.1) is 6.42 Å². The summed E-state index contributed by atoms with van der Waals surface area (Å²) in [4.78, 5) is 0. The maximum Gasteiger partial charge on any atom is 0.390 e. The largest absolute Gasteiger partial charge is 0.390 e. The van der Waals surface area contributed by atoms with Gasteiger partial charge >= 0.3 is 6.18 Å². The third kappa shape index (κ3) is 4.47. The van der Waals surface area contributed by atoms with E-state index in [0.29, 0.717) is 6.54 Å². The van der Waals surface area contributed by atoms with Crippen LogP contribution in [0.3, 0.4) is 0 Å². The average Bonchev–Trinajstić information content (AvgIpc) is 2.62. The van der Waals surface area contributed by atoms with Crippen molar-refractivity contribution in [3.63, 3.8) is 0 Å². The average molecular weight is 196 g/mol. The molecule has 3 N–H and O–H groups in total. The van der Waals surface area contributed by atoms with Gasteiger partial charge in [-0.25, -0.2) is 0 Å². The van der Waals surface area contributed by atoms with Gasteiger partial charge in [0, 0.05) is 18.1 Å². The zero-order valence-electron chi connectivity index (χ0n) is 7.62. The second-order valence-corrected chi connectivity index (χ2v) is 3.96. The van der Waals surface area contributed by atoms with Gasteiger partial charge in [0.25, 0.3) is 0 Å². The normalized spacial score (nSPS) is 22.8. The Labute approximate surface area is 75.7 Å². The molecule has 1 rings (SSSR count). The van der Waals surface area contributed by atoms with Crippen LogP contribution in [0.2, 0.25) is 0 Å². The van der Waals surface area contributed by atoms with E-state index in [1.807, 2.05) is 0 Å². The minimum atomic E-state index is -4.09. The van der Waals surface area contributed by atoms with E-state index >= 15 is 0 Å². The quantitative estimate of drug-likeness (QED) is 0.713. The Hall–Kier alpha value is -0.290. The molecule has 0 aliphatic heterocycles. The van der Waals surface area contributed by atoms with Crippen LogP contribution in [-0.2, 0) is 0 Å². The van der Waals surface area contributed by atoms with Gasteiger partial charge in [-0.3, -0.25) is 0 Å². The van der Waals surface area contributed by atoms with E-state index in [9.17, 15) is 13.2 Å². The number of hydrogen-bond donors (Lipinski definition) is 2. The third-order valence-corrected chi connectivity index (χ3v) is 2.23. The van der Waals surface area contributed by atoms with Crippen molar-refractivity contribution in [2.24, 2.45) is 5.73 Å². The lowest BCUT2D eigenvalue weighted by Gasteiger charge is -2.18. The number of rotatable bonds is 4. The summed E-state index contributed by atoms with van der Waals surface area (Å²) in [7, 11) is 0. The maximum absolute atomic E-state index is 11.9. The lowest BCUT2D eigenvalue weighted by atomic mass is 10.2. The summed E-state index contributed by atoms with van der Waals surface area (Å²) in [6.45, 7) is 2.02. The van der Waals surface area contributed by atoms with Gasteiger partial charge in [0.2, 0.25) is 0 Å². The molecule has 0 spiro atoms. The van der Waals surface area contributed by atoms with Crippen molar-refractivity contribution < 1.29 is 13.2 Å². The number of nitrogens with one attached hydrogen (secondary N) is 1. The van der Waals surface area contributed by atoms with Crippen molar-refractivity contribution in [1.82, 2.24) is 5.32 Å². The first-order chi connectivity index (χ1) is 5.81. The smallest absolute Gasteiger partial charge is 0.324 e. The summed E-state index contributed by atoms with van der Waals surface area (Å²) < 4.78 is 35.6. The molecule has 1 fully saturated rings. The first kappa shape index (κ1) is 10.8. The van der Waals surface area contributed by atoms with E-state index in [-0.39, 0.29) is 5.54 Å². The van der Waals surface area contributed by atoms with Gasteiger partial charge in [-0.05, 0) is 19.8 Å². The summed E-state index contributed by atoms with van der Waals surface area (Å²) >= 11 is 0. The lowest BCUT2D eigenvalue weighted by Crippen LogP contribution is -2.41. The Bertz CT molecular complexity index is 175. The van der Waals surface area contributed by atoms with Gasteiger partial charge in [0.15, 0.2) is 0 Å². The molecule has 5 heteroatoms. The summed E-state index contributed by atoms with van der Waals surface area (Å²) in [5.74, 6) is 0. The second-order valence-electron chi connectivity index (χ2n) is 3.96. The predicted molar refractivity (Wildman–Crippen MR) is 44.3 cm³/mol. The number of nitrogens with two attached hydrogens (primary N) is 1. The summed E-state index contributed by atoms with van der Waals surface area (Å²) in [5.41, 5.74) is 5.49. The molecular weight excluding hydrogens is 181 g/mol. The van der Waals surface area contributed by atoms with E-state index in [0.717, 1.165) is 12.8 Å². The van der Waals surface area contributed by atoms with Crippen LogP contribution < -0.4 is 11.1 Å². The monoisotopic (exact) mass is 196 g/mol. The molecule has 2 nitrogen and oxygen atoms in total. The fourth-order valence-corrected chi connectivity index (χ4v) is 1.13. The molecule has 0 amide bonds. The van der Waals surface area contributed by atoms with Gasteiger partial charge in [-0.1, -0.05) is 0 Å². The molecule has 0 bridgehead atoms. The fourth-order valence-electron chi connectivity index (χ4n) is 1.13. The molecule has 0 heterocycles. The standard InChI is InChI=1S/C8H15F3N2/c1-6(4-8(9,10)11)13-5-7(12)2-3-7/h6,13H,2-5,12H2,1H3. The van der Waals surface area contributed by atoms with Gasteiger partial charge in [-0.2, -0.15) is 13.2 Å². The van der Waals surface area contributed by atoms with Gasteiger partial charge in [-0.15, -0.1) is 0 Å². The van der Waals surface area contributed by atoms with Gasteiger partial charge < -0.3 is 11.1 Å². The molecule has 0 aromatic carbocycles. The van der Waals surface area contributed by atoms with Crippen LogP contribution in [0.1, 0.15) is 26.2 Å². The van der Waals surface area contributed by atoms with Crippen LogP contribution in [0.15, 0.2) is 0 Å². The fraction of sp³-hybridized carbons (Fsp3) is 1.00. The molecule has 1 saturated carbocycles. The van der Waals surface area contributed by atoms with Crippen LogP contribution in [0.5, 0.6) is 0 Å². The topological polar surface area (TPSA) is 38.0 Å². The summed E-state index contributed by atoms with van der Waals surface area (Å²) in [6.07, 6.45) is -3.04. The first-order valence-electron chi connectivity index (χ1n) is 4.40. The zero-order valence-corrected chi connectivity index (χ0v) is 7.62. The summed E-state index contributed by atoms with van der Waals surface area (Å²) in [6, 6.07) is -0.541. The van der Waals surface area contributed by atoms with E-state index in [1.165, 1.54) is 6.92 Å². The highest BCUT2D eigenvalue weighted by atomic mass is 19.4. The Morgan fingerprint density at radius 3 is 2.38 bits per heavy atom. The van der Waals surface area contributed by atoms with E-state index < -0.39 is 18.6 Å².